The monoisotopic (exact) mass is 191 g/mol. The van der Waals surface area contributed by atoms with E-state index < -0.39 is 0 Å². The summed E-state index contributed by atoms with van der Waals surface area (Å²) in [6, 6.07) is 9.89. The molecule has 1 aromatic carbocycles. The highest BCUT2D eigenvalue weighted by molar-refractivity contribution is 5.83. The lowest BCUT2D eigenvalue weighted by Crippen LogP contribution is -2.28. The quantitative estimate of drug-likeness (QED) is 0.779. The second-order valence-electron chi connectivity index (χ2n) is 3.75. The molecule has 1 N–H and O–H groups in total. The molecule has 0 aromatic heterocycles. The Morgan fingerprint density at radius 2 is 1.79 bits per heavy atom. The van der Waals surface area contributed by atoms with Gasteiger partial charge in [0.1, 0.15) is 0 Å². The Labute approximate surface area is 85.3 Å². The fraction of sp³-hybridized carbons (Fsp3) is 0.417. The van der Waals surface area contributed by atoms with Gasteiger partial charge in [0.25, 0.3) is 0 Å². The van der Waals surface area contributed by atoms with Gasteiger partial charge in [0.15, 0.2) is 0 Å². The zero-order valence-corrected chi connectivity index (χ0v) is 8.95. The molecule has 2 nitrogen and oxygen atoms in total. The van der Waals surface area contributed by atoms with E-state index in [-0.39, 0.29) is 11.8 Å². The summed E-state index contributed by atoms with van der Waals surface area (Å²) in [5.74, 6) is 0.366. The lowest BCUT2D eigenvalue weighted by Gasteiger charge is -2.19. The molecule has 1 rings (SSSR count). The van der Waals surface area contributed by atoms with E-state index in [2.05, 4.69) is 19.2 Å². The topological polar surface area (TPSA) is 29.1 Å². The van der Waals surface area contributed by atoms with Gasteiger partial charge >= 0.3 is 0 Å². The molecule has 0 bridgehead atoms. The molecule has 0 fully saturated rings. The van der Waals surface area contributed by atoms with E-state index in [1.165, 1.54) is 0 Å². The zero-order valence-electron chi connectivity index (χ0n) is 8.95. The van der Waals surface area contributed by atoms with Crippen molar-refractivity contribution in [2.45, 2.75) is 19.8 Å². The van der Waals surface area contributed by atoms with Crippen LogP contribution in [-0.4, -0.2) is 13.0 Å². The first-order valence-corrected chi connectivity index (χ1v) is 4.93. The van der Waals surface area contributed by atoms with Crippen molar-refractivity contribution < 1.29 is 4.79 Å². The van der Waals surface area contributed by atoms with Crippen LogP contribution in [0.25, 0.3) is 0 Å². The molecule has 1 aromatic rings. The number of carbonyl (C=O) groups is 1. The van der Waals surface area contributed by atoms with Crippen LogP contribution in [0, 0.1) is 5.92 Å². The Morgan fingerprint density at radius 3 is 2.21 bits per heavy atom. The Kier molecular flexibility index (Phi) is 3.69. The summed E-state index contributed by atoms with van der Waals surface area (Å²) in [4.78, 5) is 11.6. The van der Waals surface area contributed by atoms with Crippen LogP contribution in [0.15, 0.2) is 30.3 Å². The third-order valence-corrected chi connectivity index (χ3v) is 2.35. The number of rotatable bonds is 3. The normalized spacial score (nSPS) is 12.6. The average Bonchev–Trinajstić information content (AvgIpc) is 2.19. The van der Waals surface area contributed by atoms with Gasteiger partial charge in [0.05, 0.1) is 5.92 Å². The molecule has 0 saturated carbocycles. The van der Waals surface area contributed by atoms with Crippen LogP contribution < -0.4 is 5.32 Å². The number of hydrogen-bond donors (Lipinski definition) is 1. The van der Waals surface area contributed by atoms with Crippen LogP contribution in [0.3, 0.4) is 0 Å². The summed E-state index contributed by atoms with van der Waals surface area (Å²) in [6.07, 6.45) is 0. The number of likely N-dealkylation sites (N-methyl/N-ethyl adjacent to an activating group) is 1. The van der Waals surface area contributed by atoms with Crippen LogP contribution in [0.1, 0.15) is 25.3 Å². The van der Waals surface area contributed by atoms with Crippen LogP contribution in [0.5, 0.6) is 0 Å². The van der Waals surface area contributed by atoms with Crippen LogP contribution in [0.4, 0.5) is 0 Å². The first-order chi connectivity index (χ1) is 6.66. The van der Waals surface area contributed by atoms with E-state index in [1.807, 2.05) is 30.3 Å². The highest BCUT2D eigenvalue weighted by Crippen LogP contribution is 2.23. The van der Waals surface area contributed by atoms with Crippen molar-refractivity contribution in [3.63, 3.8) is 0 Å². The highest BCUT2D eigenvalue weighted by atomic mass is 16.1. The molecule has 1 atom stereocenters. The Bertz CT molecular complexity index is 292. The van der Waals surface area contributed by atoms with Crippen molar-refractivity contribution in [1.29, 1.82) is 0 Å². The van der Waals surface area contributed by atoms with Gasteiger partial charge < -0.3 is 5.32 Å². The summed E-state index contributed by atoms with van der Waals surface area (Å²) in [5.41, 5.74) is 1.09. The minimum absolute atomic E-state index is 0.0406. The maximum atomic E-state index is 11.6. The molecule has 0 saturated heterocycles. The summed E-state index contributed by atoms with van der Waals surface area (Å²) in [7, 11) is 1.68. The molecular weight excluding hydrogens is 174 g/mol. The van der Waals surface area contributed by atoms with Crippen molar-refractivity contribution in [2.24, 2.45) is 5.92 Å². The number of hydrogen-bond acceptors (Lipinski definition) is 1. The summed E-state index contributed by atoms with van der Waals surface area (Å²) in [6.45, 7) is 4.12. The Hall–Kier alpha value is -1.31. The predicted octanol–water partition coefficient (Wildman–Crippen LogP) is 2.17. The Balaban J connectivity index is 2.95. The largest absolute Gasteiger partial charge is 0.359 e. The number of nitrogens with one attached hydrogen (secondary N) is 1. The summed E-state index contributed by atoms with van der Waals surface area (Å²) >= 11 is 0. The van der Waals surface area contributed by atoms with Gasteiger partial charge in [-0.05, 0) is 11.5 Å². The summed E-state index contributed by atoms with van der Waals surface area (Å²) in [5, 5.41) is 2.71. The molecule has 0 unspecified atom stereocenters. The molecular formula is C12H17NO. The second-order valence-corrected chi connectivity index (χ2v) is 3.75. The third kappa shape index (κ3) is 2.34. The van der Waals surface area contributed by atoms with Crippen molar-refractivity contribution in [2.75, 3.05) is 7.05 Å². The van der Waals surface area contributed by atoms with E-state index in [4.69, 9.17) is 0 Å². The molecule has 1 amide bonds. The van der Waals surface area contributed by atoms with Gasteiger partial charge in [-0.25, -0.2) is 0 Å². The maximum absolute atomic E-state index is 11.6. The second kappa shape index (κ2) is 4.80. The standard InChI is InChI=1S/C12H17NO/c1-9(2)11(12(14)13-3)10-7-5-4-6-8-10/h4-9,11H,1-3H3,(H,13,14)/t11-/m1/s1. The van der Waals surface area contributed by atoms with E-state index in [1.54, 1.807) is 7.05 Å². The Morgan fingerprint density at radius 1 is 1.21 bits per heavy atom. The van der Waals surface area contributed by atoms with Crippen LogP contribution >= 0.6 is 0 Å². The smallest absolute Gasteiger partial charge is 0.227 e. The molecule has 0 heterocycles. The van der Waals surface area contributed by atoms with Gasteiger partial charge in [-0.3, -0.25) is 4.79 Å². The van der Waals surface area contributed by atoms with E-state index >= 15 is 0 Å². The minimum Gasteiger partial charge on any atom is -0.359 e. The lowest BCUT2D eigenvalue weighted by atomic mass is 9.88. The minimum atomic E-state index is -0.0406. The molecule has 0 radical (unpaired) electrons. The van der Waals surface area contributed by atoms with E-state index in [0.29, 0.717) is 5.92 Å². The summed E-state index contributed by atoms with van der Waals surface area (Å²) < 4.78 is 0. The zero-order chi connectivity index (χ0) is 10.6. The van der Waals surface area contributed by atoms with Gasteiger partial charge in [-0.2, -0.15) is 0 Å². The van der Waals surface area contributed by atoms with Crippen molar-refractivity contribution in [3.05, 3.63) is 35.9 Å². The average molecular weight is 191 g/mol. The first kappa shape index (κ1) is 10.8. The van der Waals surface area contributed by atoms with Gasteiger partial charge in [-0.15, -0.1) is 0 Å². The lowest BCUT2D eigenvalue weighted by molar-refractivity contribution is -0.123. The molecule has 76 valence electrons. The predicted molar refractivity (Wildman–Crippen MR) is 58.1 cm³/mol. The van der Waals surface area contributed by atoms with Gasteiger partial charge in [0, 0.05) is 7.05 Å². The van der Waals surface area contributed by atoms with Crippen LogP contribution in [-0.2, 0) is 4.79 Å². The molecule has 0 aliphatic carbocycles. The number of carbonyl (C=O) groups excluding carboxylic acids is 1. The van der Waals surface area contributed by atoms with Crippen LogP contribution in [0.2, 0.25) is 0 Å². The van der Waals surface area contributed by atoms with Crippen molar-refractivity contribution in [1.82, 2.24) is 5.32 Å². The maximum Gasteiger partial charge on any atom is 0.227 e. The molecule has 2 heteroatoms. The van der Waals surface area contributed by atoms with E-state index in [9.17, 15) is 4.79 Å². The molecule has 0 aliphatic rings. The highest BCUT2D eigenvalue weighted by Gasteiger charge is 2.22. The van der Waals surface area contributed by atoms with E-state index in [0.717, 1.165) is 5.56 Å². The first-order valence-electron chi connectivity index (χ1n) is 4.93. The SMILES string of the molecule is CNC(=O)[C@@H](c1ccccc1)C(C)C. The molecule has 14 heavy (non-hydrogen) atoms. The molecule has 0 aliphatic heterocycles. The van der Waals surface area contributed by atoms with Crippen molar-refractivity contribution >= 4 is 5.91 Å². The van der Waals surface area contributed by atoms with Gasteiger partial charge in [0.2, 0.25) is 5.91 Å². The fourth-order valence-corrected chi connectivity index (χ4v) is 1.65. The number of benzene rings is 1. The number of amides is 1. The van der Waals surface area contributed by atoms with Gasteiger partial charge in [-0.1, -0.05) is 44.2 Å². The molecule has 0 spiro atoms. The van der Waals surface area contributed by atoms with Crippen molar-refractivity contribution in [3.8, 4) is 0 Å². The third-order valence-electron chi connectivity index (χ3n) is 2.35. The fourth-order valence-electron chi connectivity index (χ4n) is 1.65.